The van der Waals surface area contributed by atoms with Gasteiger partial charge in [-0.15, -0.1) is 0 Å². The van der Waals surface area contributed by atoms with Gasteiger partial charge in [0.15, 0.2) is 9.84 Å². The van der Waals surface area contributed by atoms with E-state index >= 15 is 0 Å². The summed E-state index contributed by atoms with van der Waals surface area (Å²) in [4.78, 5) is 22.2. The van der Waals surface area contributed by atoms with E-state index in [-0.39, 0.29) is 10.6 Å². The fourth-order valence-electron chi connectivity index (χ4n) is 2.09. The van der Waals surface area contributed by atoms with Gasteiger partial charge in [-0.05, 0) is 37.6 Å². The number of hydrogen-bond donors (Lipinski definition) is 1. The highest BCUT2D eigenvalue weighted by Gasteiger charge is 2.20. The summed E-state index contributed by atoms with van der Waals surface area (Å²) in [6.45, 7) is 3.43. The van der Waals surface area contributed by atoms with E-state index in [9.17, 15) is 23.3 Å². The molecule has 0 unspecified atom stereocenters. The number of aryl methyl sites for hydroxylation is 2. The van der Waals surface area contributed by atoms with Gasteiger partial charge in [-0.2, -0.15) is 0 Å². The molecule has 0 aliphatic rings. The van der Waals surface area contributed by atoms with Gasteiger partial charge in [0, 0.05) is 17.8 Å². The zero-order chi connectivity index (χ0) is 17.9. The van der Waals surface area contributed by atoms with Gasteiger partial charge in [-0.25, -0.2) is 8.42 Å². The van der Waals surface area contributed by atoms with E-state index in [1.807, 2.05) is 6.92 Å². The number of sulfone groups is 1. The molecule has 126 valence electrons. The Hall–Kier alpha value is -2.74. The first-order valence-electron chi connectivity index (χ1n) is 7.03. The van der Waals surface area contributed by atoms with Crippen LogP contribution in [-0.2, 0) is 14.6 Å². The van der Waals surface area contributed by atoms with Crippen LogP contribution in [0.25, 0.3) is 0 Å². The third kappa shape index (κ3) is 4.17. The molecule has 0 saturated heterocycles. The van der Waals surface area contributed by atoms with Crippen LogP contribution in [0, 0.1) is 24.0 Å². The highest BCUT2D eigenvalue weighted by atomic mass is 32.2. The van der Waals surface area contributed by atoms with Gasteiger partial charge >= 0.3 is 0 Å². The van der Waals surface area contributed by atoms with Crippen molar-refractivity contribution in [1.29, 1.82) is 0 Å². The number of hydrogen-bond acceptors (Lipinski definition) is 5. The SMILES string of the molecule is Cc1ccc(S(=O)(=O)CC(=O)Nc2ccc([N+](=O)[O-])cc2C)cc1. The number of carbonyl (C=O) groups is 1. The molecule has 0 aliphatic carbocycles. The zero-order valence-corrected chi connectivity index (χ0v) is 14.0. The van der Waals surface area contributed by atoms with Crippen molar-refractivity contribution >= 4 is 27.1 Å². The normalized spacial score (nSPS) is 11.1. The predicted octanol–water partition coefficient (Wildman–Crippen LogP) is 2.62. The third-order valence-corrected chi connectivity index (χ3v) is 5.03. The van der Waals surface area contributed by atoms with Gasteiger partial charge < -0.3 is 5.32 Å². The summed E-state index contributed by atoms with van der Waals surface area (Å²) >= 11 is 0. The maximum absolute atomic E-state index is 12.2. The molecule has 2 aromatic rings. The molecule has 0 fully saturated rings. The van der Waals surface area contributed by atoms with E-state index in [1.54, 1.807) is 19.1 Å². The molecule has 8 heteroatoms. The number of amides is 1. The Morgan fingerprint density at radius 1 is 1.12 bits per heavy atom. The predicted molar refractivity (Wildman–Crippen MR) is 89.7 cm³/mol. The quantitative estimate of drug-likeness (QED) is 0.660. The average molecular weight is 348 g/mol. The number of nitro benzene ring substituents is 1. The lowest BCUT2D eigenvalue weighted by molar-refractivity contribution is -0.384. The number of anilines is 1. The van der Waals surface area contributed by atoms with Crippen molar-refractivity contribution in [2.75, 3.05) is 11.1 Å². The molecular weight excluding hydrogens is 332 g/mol. The second-order valence-electron chi connectivity index (χ2n) is 5.38. The molecule has 0 aliphatic heterocycles. The van der Waals surface area contributed by atoms with Gasteiger partial charge in [0.1, 0.15) is 5.75 Å². The van der Waals surface area contributed by atoms with Crippen molar-refractivity contribution < 1.29 is 18.1 Å². The largest absolute Gasteiger partial charge is 0.325 e. The number of carbonyl (C=O) groups excluding carboxylic acids is 1. The van der Waals surface area contributed by atoms with Crippen LogP contribution in [0.3, 0.4) is 0 Å². The fraction of sp³-hybridized carbons (Fsp3) is 0.188. The topological polar surface area (TPSA) is 106 Å². The van der Waals surface area contributed by atoms with Crippen LogP contribution in [0.2, 0.25) is 0 Å². The van der Waals surface area contributed by atoms with Crippen molar-refractivity contribution in [3.63, 3.8) is 0 Å². The molecule has 0 radical (unpaired) electrons. The van der Waals surface area contributed by atoms with Gasteiger partial charge in [0.25, 0.3) is 5.69 Å². The number of nitrogens with zero attached hydrogens (tertiary/aromatic N) is 1. The molecule has 0 heterocycles. The Bertz CT molecular complexity index is 889. The summed E-state index contributed by atoms with van der Waals surface area (Å²) in [6, 6.07) is 10.2. The van der Waals surface area contributed by atoms with Crippen LogP contribution in [0.15, 0.2) is 47.4 Å². The van der Waals surface area contributed by atoms with Crippen LogP contribution in [-0.4, -0.2) is 25.0 Å². The van der Waals surface area contributed by atoms with Crippen molar-refractivity contribution in [2.24, 2.45) is 0 Å². The summed E-state index contributed by atoms with van der Waals surface area (Å²) in [5.41, 5.74) is 1.63. The van der Waals surface area contributed by atoms with E-state index in [2.05, 4.69) is 5.32 Å². The van der Waals surface area contributed by atoms with Gasteiger partial charge in [-0.3, -0.25) is 14.9 Å². The maximum atomic E-state index is 12.2. The monoisotopic (exact) mass is 348 g/mol. The molecule has 1 N–H and O–H groups in total. The van der Waals surface area contributed by atoms with E-state index in [0.29, 0.717) is 11.3 Å². The average Bonchev–Trinajstić information content (AvgIpc) is 2.49. The molecule has 0 aromatic heterocycles. The second-order valence-corrected chi connectivity index (χ2v) is 7.37. The first kappa shape index (κ1) is 17.6. The van der Waals surface area contributed by atoms with Crippen molar-refractivity contribution in [3.8, 4) is 0 Å². The zero-order valence-electron chi connectivity index (χ0n) is 13.1. The lowest BCUT2D eigenvalue weighted by Crippen LogP contribution is -2.23. The van der Waals surface area contributed by atoms with Crippen LogP contribution >= 0.6 is 0 Å². The van der Waals surface area contributed by atoms with Crippen molar-refractivity contribution in [3.05, 3.63) is 63.7 Å². The van der Waals surface area contributed by atoms with Gasteiger partial charge in [0.2, 0.25) is 5.91 Å². The molecule has 2 aromatic carbocycles. The number of benzene rings is 2. The van der Waals surface area contributed by atoms with Crippen molar-refractivity contribution in [1.82, 2.24) is 0 Å². The number of non-ortho nitro benzene ring substituents is 1. The molecule has 2 rings (SSSR count). The maximum Gasteiger partial charge on any atom is 0.269 e. The first-order chi connectivity index (χ1) is 11.2. The Labute approximate surface area is 139 Å². The van der Waals surface area contributed by atoms with Crippen LogP contribution in [0.4, 0.5) is 11.4 Å². The molecule has 0 bridgehead atoms. The lowest BCUT2D eigenvalue weighted by atomic mass is 10.2. The fourth-order valence-corrected chi connectivity index (χ4v) is 3.22. The third-order valence-electron chi connectivity index (χ3n) is 3.40. The van der Waals surface area contributed by atoms with E-state index in [0.717, 1.165) is 5.56 Å². The van der Waals surface area contributed by atoms with E-state index in [1.165, 1.54) is 30.3 Å². The number of nitrogens with one attached hydrogen (secondary N) is 1. The van der Waals surface area contributed by atoms with Gasteiger partial charge in [0.05, 0.1) is 9.82 Å². The Balaban J connectivity index is 2.13. The lowest BCUT2D eigenvalue weighted by Gasteiger charge is -2.09. The van der Waals surface area contributed by atoms with Crippen molar-refractivity contribution in [2.45, 2.75) is 18.7 Å². The molecule has 0 atom stereocenters. The molecule has 1 amide bonds. The van der Waals surface area contributed by atoms with Gasteiger partial charge in [-0.1, -0.05) is 17.7 Å². The minimum absolute atomic E-state index is 0.0728. The Morgan fingerprint density at radius 2 is 1.75 bits per heavy atom. The summed E-state index contributed by atoms with van der Waals surface area (Å²) in [6.07, 6.45) is 0. The van der Waals surface area contributed by atoms with Crippen LogP contribution in [0.1, 0.15) is 11.1 Å². The van der Waals surface area contributed by atoms with Crippen LogP contribution in [0.5, 0.6) is 0 Å². The molecule has 24 heavy (non-hydrogen) atoms. The van der Waals surface area contributed by atoms with Crippen LogP contribution < -0.4 is 5.32 Å². The van der Waals surface area contributed by atoms with E-state index < -0.39 is 26.4 Å². The smallest absolute Gasteiger partial charge is 0.269 e. The summed E-state index contributed by atoms with van der Waals surface area (Å²) in [7, 11) is -3.75. The number of nitro groups is 1. The standard InChI is InChI=1S/C16H16N2O5S/c1-11-3-6-14(7-4-11)24(22,23)10-16(19)17-15-8-5-13(18(20)21)9-12(15)2/h3-9H,10H2,1-2H3,(H,17,19). The summed E-state index contributed by atoms with van der Waals surface area (Å²) in [5, 5.41) is 13.2. The van der Waals surface area contributed by atoms with E-state index in [4.69, 9.17) is 0 Å². The molecular formula is C16H16N2O5S. The summed E-state index contributed by atoms with van der Waals surface area (Å²) in [5.74, 6) is -1.40. The molecule has 0 spiro atoms. The number of rotatable bonds is 5. The summed E-state index contributed by atoms with van der Waals surface area (Å²) < 4.78 is 24.4. The first-order valence-corrected chi connectivity index (χ1v) is 8.68. The highest BCUT2D eigenvalue weighted by molar-refractivity contribution is 7.92. The Morgan fingerprint density at radius 3 is 2.29 bits per heavy atom. The highest BCUT2D eigenvalue weighted by Crippen LogP contribution is 2.21. The molecule has 0 saturated carbocycles. The molecule has 7 nitrogen and oxygen atoms in total. The second kappa shape index (κ2) is 6.79. The minimum Gasteiger partial charge on any atom is -0.325 e. The Kier molecular flexibility index (Phi) is 4.99. The minimum atomic E-state index is -3.75.